The molecule has 0 N–H and O–H groups in total. The predicted octanol–water partition coefficient (Wildman–Crippen LogP) is 2.45. The van der Waals surface area contributed by atoms with Crippen molar-refractivity contribution in [1.82, 2.24) is 0 Å². The lowest BCUT2D eigenvalue weighted by Gasteiger charge is -2.02. The molecule has 0 amide bonds. The zero-order valence-electron chi connectivity index (χ0n) is 7.20. The minimum absolute atomic E-state index is 0.0987. The molecule has 0 atom stereocenters. The molecule has 0 saturated carbocycles. The van der Waals surface area contributed by atoms with E-state index in [1.165, 1.54) is 18.2 Å². The van der Waals surface area contributed by atoms with E-state index < -0.39 is 14.9 Å². The van der Waals surface area contributed by atoms with Crippen molar-refractivity contribution in [1.29, 1.82) is 0 Å². The fourth-order valence-corrected chi connectivity index (χ4v) is 1.43. The van der Waals surface area contributed by atoms with Crippen molar-refractivity contribution in [2.45, 2.75) is 6.42 Å². The first-order chi connectivity index (χ1) is 6.41. The number of allylic oxidation sites excluding steroid dienone is 1. The SMILES string of the molecule is C=C(Cc1ccccc1F)S(=O)(=O)Cl. The van der Waals surface area contributed by atoms with E-state index in [9.17, 15) is 12.8 Å². The molecule has 1 rings (SSSR count). The molecule has 0 unspecified atom stereocenters. The van der Waals surface area contributed by atoms with Crippen molar-refractivity contribution in [3.63, 3.8) is 0 Å². The van der Waals surface area contributed by atoms with Crippen molar-refractivity contribution in [2.75, 3.05) is 0 Å². The van der Waals surface area contributed by atoms with Crippen LogP contribution in [0.4, 0.5) is 4.39 Å². The summed E-state index contributed by atoms with van der Waals surface area (Å²) < 4.78 is 34.6. The Bertz CT molecular complexity index is 454. The fraction of sp³-hybridized carbons (Fsp3) is 0.111. The Morgan fingerprint density at radius 1 is 1.43 bits per heavy atom. The smallest absolute Gasteiger partial charge is 0.207 e. The van der Waals surface area contributed by atoms with Gasteiger partial charge < -0.3 is 0 Å². The second kappa shape index (κ2) is 4.11. The van der Waals surface area contributed by atoms with Gasteiger partial charge in [-0.25, -0.2) is 12.8 Å². The van der Waals surface area contributed by atoms with Gasteiger partial charge in [-0.1, -0.05) is 24.8 Å². The molecule has 0 aliphatic rings. The largest absolute Gasteiger partial charge is 0.257 e. The highest BCUT2D eigenvalue weighted by Gasteiger charge is 2.13. The summed E-state index contributed by atoms with van der Waals surface area (Å²) in [5.41, 5.74) is 0.265. The van der Waals surface area contributed by atoms with Crippen molar-refractivity contribution in [3.8, 4) is 0 Å². The maximum Gasteiger partial charge on any atom is 0.257 e. The summed E-state index contributed by atoms with van der Waals surface area (Å²) >= 11 is 0. The van der Waals surface area contributed by atoms with Crippen LogP contribution in [-0.4, -0.2) is 8.42 Å². The van der Waals surface area contributed by atoms with Gasteiger partial charge in [0.25, 0.3) is 9.05 Å². The van der Waals surface area contributed by atoms with Crippen LogP contribution in [-0.2, 0) is 15.5 Å². The minimum atomic E-state index is -3.81. The summed E-state index contributed by atoms with van der Waals surface area (Å²) in [5, 5.41) is 0. The van der Waals surface area contributed by atoms with Gasteiger partial charge >= 0.3 is 0 Å². The first-order valence-electron chi connectivity index (χ1n) is 3.77. The molecule has 0 aliphatic heterocycles. The molecule has 76 valence electrons. The molecule has 0 aliphatic carbocycles. The van der Waals surface area contributed by atoms with Crippen LogP contribution in [0.25, 0.3) is 0 Å². The zero-order chi connectivity index (χ0) is 10.8. The number of benzene rings is 1. The molecule has 0 bridgehead atoms. The van der Waals surface area contributed by atoms with Crippen molar-refractivity contribution < 1.29 is 12.8 Å². The summed E-state index contributed by atoms with van der Waals surface area (Å²) in [6.07, 6.45) is -0.0987. The Morgan fingerprint density at radius 3 is 2.50 bits per heavy atom. The summed E-state index contributed by atoms with van der Waals surface area (Å²) in [6.45, 7) is 3.28. The molecule has 0 radical (unpaired) electrons. The molecule has 0 heterocycles. The maximum atomic E-state index is 13.1. The van der Waals surface area contributed by atoms with Crippen LogP contribution in [0.3, 0.4) is 0 Å². The number of hydrogen-bond acceptors (Lipinski definition) is 2. The van der Waals surface area contributed by atoms with E-state index in [1.807, 2.05) is 0 Å². The topological polar surface area (TPSA) is 34.1 Å². The predicted molar refractivity (Wildman–Crippen MR) is 54.0 cm³/mol. The highest BCUT2D eigenvalue weighted by molar-refractivity contribution is 8.16. The lowest BCUT2D eigenvalue weighted by atomic mass is 10.1. The maximum absolute atomic E-state index is 13.1. The van der Waals surface area contributed by atoms with E-state index >= 15 is 0 Å². The number of hydrogen-bond donors (Lipinski definition) is 0. The monoisotopic (exact) mass is 234 g/mol. The molecule has 0 fully saturated rings. The third kappa shape index (κ3) is 2.82. The Kier molecular flexibility index (Phi) is 3.29. The van der Waals surface area contributed by atoms with Crippen LogP contribution in [0.2, 0.25) is 0 Å². The Labute approximate surface area is 86.4 Å². The third-order valence-corrected chi connectivity index (χ3v) is 3.18. The van der Waals surface area contributed by atoms with Gasteiger partial charge in [0.2, 0.25) is 0 Å². The molecule has 0 aromatic heterocycles. The molecule has 1 aromatic rings. The van der Waals surface area contributed by atoms with Crippen molar-refractivity contribution in [2.24, 2.45) is 0 Å². The minimum Gasteiger partial charge on any atom is -0.207 e. The summed E-state index contributed by atoms with van der Waals surface area (Å²) in [7, 11) is 1.23. The van der Waals surface area contributed by atoms with Gasteiger partial charge in [0.1, 0.15) is 5.82 Å². The fourth-order valence-electron chi connectivity index (χ4n) is 0.940. The molecule has 2 nitrogen and oxygen atoms in total. The first kappa shape index (κ1) is 11.2. The van der Waals surface area contributed by atoms with Gasteiger partial charge in [-0.15, -0.1) is 0 Å². The Hall–Kier alpha value is -0.870. The summed E-state index contributed by atoms with van der Waals surface area (Å²) in [6, 6.07) is 5.88. The molecule has 1 aromatic carbocycles. The van der Waals surface area contributed by atoms with Gasteiger partial charge in [-0.05, 0) is 11.6 Å². The van der Waals surface area contributed by atoms with E-state index in [-0.39, 0.29) is 16.9 Å². The number of rotatable bonds is 3. The molecular weight excluding hydrogens is 227 g/mol. The highest BCUT2D eigenvalue weighted by atomic mass is 35.7. The summed E-state index contributed by atoms with van der Waals surface area (Å²) in [5.74, 6) is -0.464. The molecular formula is C9H8ClFO2S. The quantitative estimate of drug-likeness (QED) is 0.753. The number of halogens is 2. The molecule has 0 saturated heterocycles. The van der Waals surface area contributed by atoms with E-state index in [0.29, 0.717) is 0 Å². The molecule has 0 spiro atoms. The Balaban J connectivity index is 2.91. The van der Waals surface area contributed by atoms with Crippen molar-refractivity contribution >= 4 is 19.7 Å². The average Bonchev–Trinajstić information content (AvgIpc) is 2.07. The van der Waals surface area contributed by atoms with Crippen LogP contribution in [0.5, 0.6) is 0 Å². The van der Waals surface area contributed by atoms with Crippen LogP contribution < -0.4 is 0 Å². The standard InChI is InChI=1S/C9H8ClFO2S/c1-7(14(10,12)13)6-8-4-2-3-5-9(8)11/h2-5H,1,6H2. The third-order valence-electron chi connectivity index (χ3n) is 1.69. The van der Waals surface area contributed by atoms with E-state index in [1.54, 1.807) is 6.07 Å². The van der Waals surface area contributed by atoms with Gasteiger partial charge in [0.15, 0.2) is 0 Å². The normalized spacial score (nSPS) is 11.3. The van der Waals surface area contributed by atoms with Crippen LogP contribution >= 0.6 is 10.7 Å². The van der Waals surface area contributed by atoms with Crippen LogP contribution in [0.15, 0.2) is 35.7 Å². The summed E-state index contributed by atoms with van der Waals surface area (Å²) in [4.78, 5) is -0.204. The second-order valence-corrected chi connectivity index (χ2v) is 5.42. The second-order valence-electron chi connectivity index (χ2n) is 2.74. The zero-order valence-corrected chi connectivity index (χ0v) is 8.78. The van der Waals surface area contributed by atoms with Gasteiger partial charge in [0, 0.05) is 17.1 Å². The van der Waals surface area contributed by atoms with Crippen LogP contribution in [0.1, 0.15) is 5.56 Å². The van der Waals surface area contributed by atoms with E-state index in [2.05, 4.69) is 6.58 Å². The highest BCUT2D eigenvalue weighted by Crippen LogP contribution is 2.17. The van der Waals surface area contributed by atoms with Crippen LogP contribution in [0, 0.1) is 5.82 Å². The molecule has 5 heteroatoms. The van der Waals surface area contributed by atoms with Gasteiger partial charge in [-0.2, -0.15) is 0 Å². The molecule has 14 heavy (non-hydrogen) atoms. The van der Waals surface area contributed by atoms with Gasteiger partial charge in [0.05, 0.1) is 4.91 Å². The first-order valence-corrected chi connectivity index (χ1v) is 6.08. The lowest BCUT2D eigenvalue weighted by Crippen LogP contribution is -1.99. The van der Waals surface area contributed by atoms with E-state index in [0.717, 1.165) is 0 Å². The van der Waals surface area contributed by atoms with Gasteiger partial charge in [-0.3, -0.25) is 0 Å². The lowest BCUT2D eigenvalue weighted by molar-refractivity contribution is 0.608. The average molecular weight is 235 g/mol. The van der Waals surface area contributed by atoms with Crippen molar-refractivity contribution in [3.05, 3.63) is 47.1 Å². The Morgan fingerprint density at radius 2 is 2.00 bits per heavy atom. The van der Waals surface area contributed by atoms with E-state index in [4.69, 9.17) is 10.7 Å².